The third kappa shape index (κ3) is 6.57. The van der Waals surface area contributed by atoms with Crippen LogP contribution in [0.2, 0.25) is 0 Å². The van der Waals surface area contributed by atoms with Gasteiger partial charge in [0, 0.05) is 13.1 Å². The molecule has 0 saturated carbocycles. The Kier molecular flexibility index (Phi) is 6.84. The van der Waals surface area contributed by atoms with Crippen LogP contribution in [0, 0.1) is 5.92 Å². The fraction of sp³-hybridized carbons (Fsp3) is 0.857. The van der Waals surface area contributed by atoms with Crippen LogP contribution < -0.4 is 5.32 Å². The summed E-state index contributed by atoms with van der Waals surface area (Å²) < 4.78 is 0. The molecule has 0 aromatic heterocycles. The Hall–Kier alpha value is -1.10. The van der Waals surface area contributed by atoms with Crippen LogP contribution in [0.4, 0.5) is 0 Å². The van der Waals surface area contributed by atoms with Crippen molar-refractivity contribution in [2.24, 2.45) is 5.92 Å². The van der Waals surface area contributed by atoms with Gasteiger partial charge in [0.2, 0.25) is 11.8 Å². The van der Waals surface area contributed by atoms with E-state index in [9.17, 15) is 9.59 Å². The predicted octanol–water partition coefficient (Wildman–Crippen LogP) is 0.703. The number of hydrogen-bond acceptors (Lipinski definition) is 3. The largest absolute Gasteiger partial charge is 0.346 e. The molecule has 0 aromatic carbocycles. The van der Waals surface area contributed by atoms with Gasteiger partial charge >= 0.3 is 0 Å². The Balaban J connectivity index is 2.14. The van der Waals surface area contributed by atoms with Gasteiger partial charge in [-0.15, -0.1) is 0 Å². The molecule has 19 heavy (non-hydrogen) atoms. The van der Waals surface area contributed by atoms with Gasteiger partial charge in [0.1, 0.15) is 0 Å². The average Bonchev–Trinajstić information content (AvgIpc) is 2.87. The van der Waals surface area contributed by atoms with E-state index in [1.165, 1.54) is 0 Å². The van der Waals surface area contributed by atoms with Crippen LogP contribution in [0.25, 0.3) is 0 Å². The number of carbonyl (C=O) groups excluding carboxylic acids is 2. The van der Waals surface area contributed by atoms with E-state index in [1.807, 2.05) is 16.8 Å². The van der Waals surface area contributed by atoms with Gasteiger partial charge in [0.05, 0.1) is 13.1 Å². The maximum atomic E-state index is 11.7. The maximum absolute atomic E-state index is 11.7. The molecule has 0 bridgehead atoms. The van der Waals surface area contributed by atoms with Gasteiger partial charge in [0.25, 0.3) is 0 Å². The first-order valence-electron chi connectivity index (χ1n) is 7.22. The fourth-order valence-electron chi connectivity index (χ4n) is 2.11. The molecule has 1 fully saturated rings. The molecule has 1 heterocycles. The van der Waals surface area contributed by atoms with E-state index in [0.29, 0.717) is 12.5 Å². The highest BCUT2D eigenvalue weighted by Crippen LogP contribution is 2.06. The lowest BCUT2D eigenvalue weighted by Gasteiger charge is -2.18. The number of likely N-dealkylation sites (N-methyl/N-ethyl adjacent to an activating group) is 1. The number of amides is 2. The summed E-state index contributed by atoms with van der Waals surface area (Å²) >= 11 is 0. The summed E-state index contributed by atoms with van der Waals surface area (Å²) in [5.74, 6) is 0.608. The predicted molar refractivity (Wildman–Crippen MR) is 75.8 cm³/mol. The summed E-state index contributed by atoms with van der Waals surface area (Å²) in [5, 5.41) is 2.71. The third-order valence-corrected chi connectivity index (χ3v) is 3.40. The van der Waals surface area contributed by atoms with Crippen LogP contribution in [0.1, 0.15) is 33.1 Å². The molecule has 0 atom stereocenters. The first-order valence-corrected chi connectivity index (χ1v) is 7.22. The van der Waals surface area contributed by atoms with Crippen LogP contribution in [0.15, 0.2) is 0 Å². The van der Waals surface area contributed by atoms with E-state index in [0.717, 1.165) is 38.9 Å². The lowest BCUT2D eigenvalue weighted by atomic mass is 10.1. The van der Waals surface area contributed by atoms with Crippen LogP contribution in [0.5, 0.6) is 0 Å². The number of rotatable bonds is 7. The van der Waals surface area contributed by atoms with Crippen LogP contribution in [0.3, 0.4) is 0 Å². The SMILES string of the molecule is CC(C)CCN(C)CC(=O)NCC(=O)N1CCCC1. The minimum absolute atomic E-state index is 0.0377. The molecule has 0 unspecified atom stereocenters. The molecule has 1 aliphatic heterocycles. The third-order valence-electron chi connectivity index (χ3n) is 3.40. The van der Waals surface area contributed by atoms with Crippen molar-refractivity contribution in [1.82, 2.24) is 15.1 Å². The molecule has 5 heteroatoms. The number of nitrogens with one attached hydrogen (secondary N) is 1. The molecule has 0 aromatic rings. The van der Waals surface area contributed by atoms with E-state index in [1.54, 1.807) is 0 Å². The van der Waals surface area contributed by atoms with Gasteiger partial charge in [0.15, 0.2) is 0 Å². The summed E-state index contributed by atoms with van der Waals surface area (Å²) in [4.78, 5) is 27.3. The molecule has 1 N–H and O–H groups in total. The second-order valence-electron chi connectivity index (χ2n) is 5.78. The Labute approximate surface area is 116 Å². The van der Waals surface area contributed by atoms with E-state index < -0.39 is 0 Å². The second-order valence-corrected chi connectivity index (χ2v) is 5.78. The fourth-order valence-corrected chi connectivity index (χ4v) is 2.11. The molecule has 0 spiro atoms. The molecule has 1 saturated heterocycles. The summed E-state index contributed by atoms with van der Waals surface area (Å²) in [6, 6.07) is 0. The van der Waals surface area contributed by atoms with Gasteiger partial charge in [-0.3, -0.25) is 14.5 Å². The van der Waals surface area contributed by atoms with Crippen LogP contribution in [-0.4, -0.2) is 61.4 Å². The van der Waals surface area contributed by atoms with Gasteiger partial charge in [-0.1, -0.05) is 13.8 Å². The quantitative estimate of drug-likeness (QED) is 0.740. The Morgan fingerprint density at radius 3 is 2.47 bits per heavy atom. The summed E-state index contributed by atoms with van der Waals surface area (Å²) in [7, 11) is 1.93. The van der Waals surface area contributed by atoms with Crippen LogP contribution in [-0.2, 0) is 9.59 Å². The topological polar surface area (TPSA) is 52.7 Å². The van der Waals surface area contributed by atoms with Crippen molar-refractivity contribution in [3.8, 4) is 0 Å². The Morgan fingerprint density at radius 1 is 1.26 bits per heavy atom. The highest BCUT2D eigenvalue weighted by atomic mass is 16.2. The van der Waals surface area contributed by atoms with Gasteiger partial charge < -0.3 is 10.2 Å². The summed E-state index contributed by atoms with van der Waals surface area (Å²) in [5.41, 5.74) is 0. The number of hydrogen-bond donors (Lipinski definition) is 1. The van der Waals surface area contributed by atoms with Crippen LogP contribution >= 0.6 is 0 Å². The standard InChI is InChI=1S/C14H27N3O2/c1-12(2)6-9-16(3)11-13(18)15-10-14(19)17-7-4-5-8-17/h12H,4-11H2,1-3H3,(H,15,18). The van der Waals surface area contributed by atoms with Crippen molar-refractivity contribution >= 4 is 11.8 Å². The Bertz CT molecular complexity index is 299. The van der Waals surface area contributed by atoms with Crippen molar-refractivity contribution < 1.29 is 9.59 Å². The lowest BCUT2D eigenvalue weighted by Crippen LogP contribution is -2.42. The molecule has 2 amide bonds. The number of carbonyl (C=O) groups is 2. The second kappa shape index (κ2) is 8.15. The minimum atomic E-state index is -0.0706. The van der Waals surface area contributed by atoms with Crippen molar-refractivity contribution in [2.45, 2.75) is 33.1 Å². The molecular formula is C14H27N3O2. The lowest BCUT2D eigenvalue weighted by molar-refractivity contribution is -0.132. The van der Waals surface area contributed by atoms with E-state index >= 15 is 0 Å². The minimum Gasteiger partial charge on any atom is -0.346 e. The zero-order valence-electron chi connectivity index (χ0n) is 12.4. The van der Waals surface area contributed by atoms with Gasteiger partial charge in [-0.25, -0.2) is 0 Å². The monoisotopic (exact) mass is 269 g/mol. The highest BCUT2D eigenvalue weighted by Gasteiger charge is 2.18. The van der Waals surface area contributed by atoms with Crippen molar-refractivity contribution in [1.29, 1.82) is 0 Å². The number of likely N-dealkylation sites (tertiary alicyclic amines) is 1. The van der Waals surface area contributed by atoms with Crippen molar-refractivity contribution in [2.75, 3.05) is 39.8 Å². The zero-order chi connectivity index (χ0) is 14.3. The molecule has 110 valence electrons. The van der Waals surface area contributed by atoms with Gasteiger partial charge in [-0.05, 0) is 38.8 Å². The first kappa shape index (κ1) is 16.0. The highest BCUT2D eigenvalue weighted by molar-refractivity contribution is 5.85. The van der Waals surface area contributed by atoms with E-state index in [2.05, 4.69) is 19.2 Å². The average molecular weight is 269 g/mol. The smallest absolute Gasteiger partial charge is 0.241 e. The van der Waals surface area contributed by atoms with Crippen molar-refractivity contribution in [3.63, 3.8) is 0 Å². The van der Waals surface area contributed by atoms with E-state index in [-0.39, 0.29) is 18.4 Å². The summed E-state index contributed by atoms with van der Waals surface area (Å²) in [6.45, 7) is 7.42. The molecule has 1 rings (SSSR count). The normalized spacial score (nSPS) is 15.3. The molecular weight excluding hydrogens is 242 g/mol. The molecule has 0 aliphatic carbocycles. The molecule has 1 aliphatic rings. The molecule has 5 nitrogen and oxygen atoms in total. The number of nitrogens with zero attached hydrogens (tertiary/aromatic N) is 2. The summed E-state index contributed by atoms with van der Waals surface area (Å²) in [6.07, 6.45) is 3.24. The van der Waals surface area contributed by atoms with Gasteiger partial charge in [-0.2, -0.15) is 0 Å². The van der Waals surface area contributed by atoms with Crippen molar-refractivity contribution in [3.05, 3.63) is 0 Å². The first-order chi connectivity index (χ1) is 8.99. The molecule has 0 radical (unpaired) electrons. The zero-order valence-corrected chi connectivity index (χ0v) is 12.4. The Morgan fingerprint density at radius 2 is 1.89 bits per heavy atom. The van der Waals surface area contributed by atoms with E-state index in [4.69, 9.17) is 0 Å². The maximum Gasteiger partial charge on any atom is 0.241 e.